The molecule has 0 radical (unpaired) electrons. The molecule has 3 nitrogen and oxygen atoms in total. The summed E-state index contributed by atoms with van der Waals surface area (Å²) in [6.45, 7) is 2.05. The van der Waals surface area contributed by atoms with Crippen LogP contribution >= 0.6 is 31.9 Å². The second-order valence-corrected chi connectivity index (χ2v) is 7.00. The third-order valence-electron chi connectivity index (χ3n) is 2.82. The number of halogens is 2. The molecule has 0 N–H and O–H groups in total. The predicted molar refractivity (Wildman–Crippen MR) is 78.5 cm³/mol. The number of rotatable bonds is 4. The van der Waals surface area contributed by atoms with Gasteiger partial charge in [0, 0.05) is 0 Å². The first-order chi connectivity index (χ1) is 8.61. The Balaban J connectivity index is 2.35. The van der Waals surface area contributed by atoms with Crippen LogP contribution in [0, 0.1) is 0 Å². The van der Waals surface area contributed by atoms with Gasteiger partial charge in [-0.15, -0.1) is 0 Å². The Morgan fingerprint density at radius 1 is 1.28 bits per heavy atom. The fourth-order valence-electron chi connectivity index (χ4n) is 1.81. The highest BCUT2D eigenvalue weighted by atomic mass is 79.9. The maximum Gasteiger partial charge on any atom is 0.205 e. The van der Waals surface area contributed by atoms with E-state index in [9.17, 15) is 4.79 Å². The van der Waals surface area contributed by atoms with Crippen LogP contribution < -0.4 is 0 Å². The van der Waals surface area contributed by atoms with Gasteiger partial charge in [0.2, 0.25) is 5.78 Å². The first kappa shape index (κ1) is 13.5. The molecule has 1 aromatic carbocycles. The molecule has 0 aliphatic carbocycles. The monoisotopic (exact) mass is 370 g/mol. The third kappa shape index (κ3) is 2.72. The van der Waals surface area contributed by atoms with Gasteiger partial charge in [-0.1, -0.05) is 62.2 Å². The van der Waals surface area contributed by atoms with E-state index in [0.29, 0.717) is 5.69 Å². The minimum Gasteiger partial charge on any atom is -0.321 e. The number of Topliss-reactive ketones (excluding diaryl/α,β-unsaturated/α-hetero) is 1. The summed E-state index contributed by atoms with van der Waals surface area (Å²) in [6, 6.07) is 10.1. The minimum absolute atomic E-state index is 0.0321. The summed E-state index contributed by atoms with van der Waals surface area (Å²) in [7, 11) is 0. The maximum atomic E-state index is 12.0. The summed E-state index contributed by atoms with van der Waals surface area (Å²) in [5.74, 6) is -0.0321. The van der Waals surface area contributed by atoms with Crippen molar-refractivity contribution in [3.05, 3.63) is 54.1 Å². The Hall–Kier alpha value is -0.940. The third-order valence-corrected chi connectivity index (χ3v) is 3.65. The van der Waals surface area contributed by atoms with Gasteiger partial charge in [-0.05, 0) is 12.5 Å². The first-order valence-electron chi connectivity index (χ1n) is 5.50. The molecule has 2 rings (SSSR count). The van der Waals surface area contributed by atoms with E-state index in [4.69, 9.17) is 0 Å². The lowest BCUT2D eigenvalue weighted by Crippen LogP contribution is -2.16. The molecule has 1 heterocycles. The molecule has 18 heavy (non-hydrogen) atoms. The lowest BCUT2D eigenvalue weighted by Gasteiger charge is -2.16. The van der Waals surface area contributed by atoms with Gasteiger partial charge in [0.15, 0.2) is 0 Å². The van der Waals surface area contributed by atoms with Crippen LogP contribution in [0.2, 0.25) is 0 Å². The van der Waals surface area contributed by atoms with Gasteiger partial charge in [0.05, 0.1) is 18.6 Å². The largest absolute Gasteiger partial charge is 0.321 e. The second-order valence-electron chi connectivity index (χ2n) is 3.94. The van der Waals surface area contributed by atoms with Crippen LogP contribution in [0.5, 0.6) is 0 Å². The highest BCUT2D eigenvalue weighted by Crippen LogP contribution is 2.22. The van der Waals surface area contributed by atoms with Crippen LogP contribution in [0.15, 0.2) is 42.9 Å². The molecule has 5 heteroatoms. The van der Waals surface area contributed by atoms with Crippen molar-refractivity contribution in [2.24, 2.45) is 0 Å². The number of benzene rings is 1. The molecule has 0 spiro atoms. The molecule has 1 aromatic heterocycles. The Kier molecular flexibility index (Phi) is 4.35. The number of nitrogens with zero attached hydrogens (tertiary/aromatic N) is 2. The van der Waals surface area contributed by atoms with Gasteiger partial charge in [-0.25, -0.2) is 4.98 Å². The van der Waals surface area contributed by atoms with E-state index in [1.165, 1.54) is 0 Å². The van der Waals surface area contributed by atoms with E-state index >= 15 is 0 Å². The van der Waals surface area contributed by atoms with Crippen molar-refractivity contribution in [1.29, 1.82) is 0 Å². The number of carbonyl (C=O) groups is 1. The Bertz CT molecular complexity index is 537. The van der Waals surface area contributed by atoms with Crippen molar-refractivity contribution in [1.82, 2.24) is 9.55 Å². The second kappa shape index (κ2) is 5.80. The zero-order chi connectivity index (χ0) is 13.1. The van der Waals surface area contributed by atoms with E-state index in [1.54, 1.807) is 12.5 Å². The summed E-state index contributed by atoms with van der Waals surface area (Å²) in [6.07, 6.45) is 3.28. The first-order valence-corrected chi connectivity index (χ1v) is 7.33. The molecule has 2 aromatic rings. The molecular formula is C13H12Br2N2O. The van der Waals surface area contributed by atoms with Crippen molar-refractivity contribution in [3.8, 4) is 0 Å². The normalized spacial score (nSPS) is 12.7. The van der Waals surface area contributed by atoms with Crippen LogP contribution in [0.4, 0.5) is 0 Å². The minimum atomic E-state index is -0.386. The van der Waals surface area contributed by atoms with E-state index in [1.807, 2.05) is 41.8 Å². The van der Waals surface area contributed by atoms with E-state index in [0.717, 1.165) is 5.56 Å². The molecule has 1 atom stereocenters. The molecule has 0 aliphatic rings. The zero-order valence-corrected chi connectivity index (χ0v) is 12.9. The summed E-state index contributed by atoms with van der Waals surface area (Å²) in [4.78, 5) is 16.1. The van der Waals surface area contributed by atoms with Crippen LogP contribution in [0.1, 0.15) is 29.0 Å². The van der Waals surface area contributed by atoms with Crippen molar-refractivity contribution in [3.63, 3.8) is 0 Å². The Morgan fingerprint density at radius 3 is 2.56 bits per heavy atom. The van der Waals surface area contributed by atoms with Crippen molar-refractivity contribution < 1.29 is 4.79 Å². The van der Waals surface area contributed by atoms with E-state index in [2.05, 4.69) is 36.8 Å². The average Bonchev–Trinajstić information content (AvgIpc) is 2.87. The average molecular weight is 372 g/mol. The van der Waals surface area contributed by atoms with Gasteiger partial charge in [-0.3, -0.25) is 4.79 Å². The molecule has 94 valence electrons. The number of alkyl halides is 2. The van der Waals surface area contributed by atoms with E-state index < -0.39 is 0 Å². The summed E-state index contributed by atoms with van der Waals surface area (Å²) >= 11 is 6.45. The fraction of sp³-hybridized carbons (Fsp3) is 0.231. The highest BCUT2D eigenvalue weighted by molar-refractivity contribution is 9.25. The Morgan fingerprint density at radius 2 is 1.94 bits per heavy atom. The number of ketones is 1. The number of carbonyl (C=O) groups excluding carboxylic acids is 1. The molecule has 0 fully saturated rings. The van der Waals surface area contributed by atoms with Crippen LogP contribution in [0.3, 0.4) is 0 Å². The number of hydrogen-bond acceptors (Lipinski definition) is 2. The molecule has 0 bridgehead atoms. The summed E-state index contributed by atoms with van der Waals surface area (Å²) in [5, 5.41) is 0. The zero-order valence-electron chi connectivity index (χ0n) is 9.75. The molecular weight excluding hydrogens is 360 g/mol. The van der Waals surface area contributed by atoms with Crippen molar-refractivity contribution >= 4 is 37.6 Å². The molecule has 0 amide bonds. The molecule has 0 aliphatic heterocycles. The summed E-state index contributed by atoms with van der Waals surface area (Å²) in [5.41, 5.74) is 1.73. The van der Waals surface area contributed by atoms with Crippen LogP contribution in [0.25, 0.3) is 0 Å². The van der Waals surface area contributed by atoms with Gasteiger partial charge >= 0.3 is 0 Å². The number of aromatic nitrogens is 2. The van der Waals surface area contributed by atoms with Gasteiger partial charge in [0.25, 0.3) is 0 Å². The SMILES string of the molecule is C[C@H](c1ccccc1)n1cncc1C(=O)C(Br)Br. The topological polar surface area (TPSA) is 34.9 Å². The van der Waals surface area contributed by atoms with Crippen molar-refractivity contribution in [2.75, 3.05) is 0 Å². The lowest BCUT2D eigenvalue weighted by atomic mass is 10.1. The fourth-order valence-corrected chi connectivity index (χ4v) is 2.28. The number of hydrogen-bond donors (Lipinski definition) is 0. The molecule has 0 saturated heterocycles. The summed E-state index contributed by atoms with van der Waals surface area (Å²) < 4.78 is 1.50. The van der Waals surface area contributed by atoms with Crippen molar-refractivity contribution in [2.45, 2.75) is 16.7 Å². The lowest BCUT2D eigenvalue weighted by molar-refractivity contribution is 0.100. The predicted octanol–water partition coefficient (Wildman–Crippen LogP) is 3.79. The highest BCUT2D eigenvalue weighted by Gasteiger charge is 2.20. The van der Waals surface area contributed by atoms with Crippen LogP contribution in [-0.2, 0) is 0 Å². The Labute approximate surface area is 122 Å². The standard InChI is InChI=1S/C13H12Br2N2O/c1-9(10-5-3-2-4-6-10)17-8-16-7-11(17)12(18)13(14)15/h2-9,13H,1H3/t9-/m1/s1. The van der Waals surface area contributed by atoms with Gasteiger partial charge in [-0.2, -0.15) is 0 Å². The smallest absolute Gasteiger partial charge is 0.205 e. The number of imidazole rings is 1. The van der Waals surface area contributed by atoms with E-state index in [-0.39, 0.29) is 15.6 Å². The quantitative estimate of drug-likeness (QED) is 0.605. The van der Waals surface area contributed by atoms with Gasteiger partial charge in [0.1, 0.15) is 9.43 Å². The maximum absolute atomic E-state index is 12.0. The van der Waals surface area contributed by atoms with Crippen LogP contribution in [-0.4, -0.2) is 19.1 Å². The molecule has 0 unspecified atom stereocenters. The van der Waals surface area contributed by atoms with Gasteiger partial charge < -0.3 is 4.57 Å². The molecule has 0 saturated carbocycles.